The Morgan fingerprint density at radius 1 is 1.00 bits per heavy atom. The minimum atomic E-state index is -0.655. The highest BCUT2D eigenvalue weighted by molar-refractivity contribution is 6.24. The standard InChI is InChI=1S/C33H34N4O5/c1-21(2)42-33(40)24-8-10-26-27(19-24)35-32(39)30(26)31(22-6-4-3-5-7-22)34-25-9-11-28-23(18-25)12-13-37(28)29(38)20-36-14-16-41-17-15-36/h3-11,18-19,21,30H,12-17,20H2,1-2H3,(H,35,39). The summed E-state index contributed by atoms with van der Waals surface area (Å²) in [4.78, 5) is 48.0. The second-order valence-electron chi connectivity index (χ2n) is 11.0. The molecule has 9 nitrogen and oxygen atoms in total. The molecule has 216 valence electrons. The molecule has 42 heavy (non-hydrogen) atoms. The van der Waals surface area contributed by atoms with Crippen molar-refractivity contribution in [3.63, 3.8) is 0 Å². The number of nitrogens with zero attached hydrogens (tertiary/aromatic N) is 3. The fourth-order valence-corrected chi connectivity index (χ4v) is 5.74. The largest absolute Gasteiger partial charge is 0.459 e. The Balaban J connectivity index is 1.30. The average Bonchev–Trinajstić information content (AvgIpc) is 3.56. The first-order valence-electron chi connectivity index (χ1n) is 14.4. The number of carbonyl (C=O) groups is 3. The van der Waals surface area contributed by atoms with Crippen molar-refractivity contribution in [2.75, 3.05) is 49.6 Å². The second kappa shape index (κ2) is 11.9. The average molecular weight is 567 g/mol. The molecular formula is C33H34N4O5. The van der Waals surface area contributed by atoms with Crippen LogP contribution in [0.3, 0.4) is 0 Å². The van der Waals surface area contributed by atoms with E-state index in [-0.39, 0.29) is 17.9 Å². The number of aliphatic imine (C=N–C) groups is 1. The van der Waals surface area contributed by atoms with Gasteiger partial charge in [-0.25, -0.2) is 4.79 Å². The van der Waals surface area contributed by atoms with Crippen LogP contribution in [0.1, 0.15) is 46.8 Å². The first-order valence-corrected chi connectivity index (χ1v) is 14.4. The Morgan fingerprint density at radius 2 is 1.79 bits per heavy atom. The molecule has 2 amide bonds. The number of esters is 1. The molecule has 3 aliphatic rings. The van der Waals surface area contributed by atoms with Crippen molar-refractivity contribution in [3.05, 3.63) is 89.0 Å². The van der Waals surface area contributed by atoms with Gasteiger partial charge in [-0.05, 0) is 67.3 Å². The third-order valence-electron chi connectivity index (χ3n) is 7.78. The van der Waals surface area contributed by atoms with Gasteiger partial charge in [-0.1, -0.05) is 36.4 Å². The van der Waals surface area contributed by atoms with Gasteiger partial charge in [-0.15, -0.1) is 0 Å². The number of rotatable bonds is 7. The van der Waals surface area contributed by atoms with Crippen molar-refractivity contribution >= 4 is 40.6 Å². The molecule has 9 heteroatoms. The van der Waals surface area contributed by atoms with Gasteiger partial charge in [0.25, 0.3) is 0 Å². The Labute approximate surface area is 245 Å². The van der Waals surface area contributed by atoms with E-state index in [1.54, 1.807) is 32.0 Å². The van der Waals surface area contributed by atoms with E-state index < -0.39 is 11.9 Å². The summed E-state index contributed by atoms with van der Waals surface area (Å²) in [5.41, 5.74) is 5.85. The van der Waals surface area contributed by atoms with Gasteiger partial charge in [-0.3, -0.25) is 19.5 Å². The third-order valence-corrected chi connectivity index (χ3v) is 7.78. The first kappa shape index (κ1) is 27.8. The SMILES string of the molecule is CC(C)OC(=O)c1ccc2c(c1)NC(=O)C2C(=Nc1ccc2c(c1)CCN2C(=O)CN1CCOCC1)c1ccccc1. The highest BCUT2D eigenvalue weighted by atomic mass is 16.5. The van der Waals surface area contributed by atoms with Crippen LogP contribution < -0.4 is 10.2 Å². The highest BCUT2D eigenvalue weighted by Crippen LogP contribution is 2.38. The second-order valence-corrected chi connectivity index (χ2v) is 11.0. The molecule has 1 saturated heterocycles. The third kappa shape index (κ3) is 5.70. The molecule has 3 heterocycles. The molecule has 1 N–H and O–H groups in total. The van der Waals surface area contributed by atoms with Crippen LogP contribution in [-0.2, 0) is 25.5 Å². The molecule has 1 atom stereocenters. The van der Waals surface area contributed by atoms with Crippen molar-refractivity contribution in [1.29, 1.82) is 0 Å². The molecule has 0 saturated carbocycles. The lowest BCUT2D eigenvalue weighted by Crippen LogP contribution is -2.44. The van der Waals surface area contributed by atoms with Gasteiger partial charge in [0.05, 0.1) is 42.8 Å². The zero-order chi connectivity index (χ0) is 29.2. The van der Waals surface area contributed by atoms with Crippen molar-refractivity contribution in [1.82, 2.24) is 4.90 Å². The number of nitrogens with one attached hydrogen (secondary N) is 1. The van der Waals surface area contributed by atoms with Crippen LogP contribution in [-0.4, -0.2) is 73.9 Å². The molecule has 0 spiro atoms. The summed E-state index contributed by atoms with van der Waals surface area (Å²) in [6.07, 6.45) is 0.503. The minimum absolute atomic E-state index is 0.0905. The maximum Gasteiger partial charge on any atom is 0.338 e. The predicted molar refractivity (Wildman–Crippen MR) is 161 cm³/mol. The molecule has 0 bridgehead atoms. The number of fused-ring (bicyclic) bond motifs is 2. The lowest BCUT2D eigenvalue weighted by molar-refractivity contribution is -0.120. The summed E-state index contributed by atoms with van der Waals surface area (Å²) in [5, 5.41) is 2.94. The first-order chi connectivity index (χ1) is 20.4. The topological polar surface area (TPSA) is 101 Å². The van der Waals surface area contributed by atoms with Crippen LogP contribution in [0.2, 0.25) is 0 Å². The van der Waals surface area contributed by atoms with E-state index in [4.69, 9.17) is 14.5 Å². The number of benzene rings is 3. The van der Waals surface area contributed by atoms with Gasteiger partial charge in [0.1, 0.15) is 5.92 Å². The number of anilines is 2. The van der Waals surface area contributed by atoms with Crippen molar-refractivity contribution in [3.8, 4) is 0 Å². The van der Waals surface area contributed by atoms with Crippen molar-refractivity contribution in [2.45, 2.75) is 32.3 Å². The summed E-state index contributed by atoms with van der Waals surface area (Å²) in [6, 6.07) is 20.7. The molecule has 0 aromatic heterocycles. The smallest absolute Gasteiger partial charge is 0.338 e. The molecule has 6 rings (SSSR count). The van der Waals surface area contributed by atoms with E-state index in [1.165, 1.54) is 0 Å². The van der Waals surface area contributed by atoms with Gasteiger partial charge in [0, 0.05) is 31.0 Å². The van der Waals surface area contributed by atoms with Crippen LogP contribution in [0.15, 0.2) is 71.7 Å². The van der Waals surface area contributed by atoms with Crippen LogP contribution >= 0.6 is 0 Å². The number of hydrogen-bond donors (Lipinski definition) is 1. The Bertz CT molecular complexity index is 1550. The van der Waals surface area contributed by atoms with Crippen LogP contribution in [0.25, 0.3) is 0 Å². The fourth-order valence-electron chi connectivity index (χ4n) is 5.74. The number of ether oxygens (including phenoxy) is 2. The number of carbonyl (C=O) groups excluding carboxylic acids is 3. The lowest BCUT2D eigenvalue weighted by atomic mass is 9.90. The van der Waals surface area contributed by atoms with E-state index in [0.29, 0.717) is 49.0 Å². The maximum absolute atomic E-state index is 13.4. The summed E-state index contributed by atoms with van der Waals surface area (Å²) in [5.74, 6) is -1.20. The van der Waals surface area contributed by atoms with Gasteiger partial charge in [0.15, 0.2) is 0 Å². The molecule has 1 fully saturated rings. The van der Waals surface area contributed by atoms with E-state index in [1.807, 2.05) is 53.4 Å². The summed E-state index contributed by atoms with van der Waals surface area (Å²) >= 11 is 0. The highest BCUT2D eigenvalue weighted by Gasteiger charge is 2.36. The number of amides is 2. The van der Waals surface area contributed by atoms with Crippen molar-refractivity contribution < 1.29 is 23.9 Å². The number of morpholine rings is 1. The maximum atomic E-state index is 13.4. The quantitative estimate of drug-likeness (QED) is 0.338. The molecule has 0 radical (unpaired) electrons. The normalized spacial score (nSPS) is 18.5. The Morgan fingerprint density at radius 3 is 2.55 bits per heavy atom. The fraction of sp³-hybridized carbons (Fsp3) is 0.333. The van der Waals surface area contributed by atoms with Crippen LogP contribution in [0.5, 0.6) is 0 Å². The number of hydrogen-bond acceptors (Lipinski definition) is 7. The van der Waals surface area contributed by atoms with E-state index >= 15 is 0 Å². The molecule has 3 aromatic rings. The van der Waals surface area contributed by atoms with E-state index in [0.717, 1.165) is 41.9 Å². The summed E-state index contributed by atoms with van der Waals surface area (Å²) in [7, 11) is 0. The van der Waals surface area contributed by atoms with E-state index in [2.05, 4.69) is 10.2 Å². The van der Waals surface area contributed by atoms with Gasteiger partial charge in [0.2, 0.25) is 11.8 Å². The van der Waals surface area contributed by atoms with E-state index in [9.17, 15) is 14.4 Å². The molecule has 0 aliphatic carbocycles. The van der Waals surface area contributed by atoms with Crippen molar-refractivity contribution in [2.24, 2.45) is 4.99 Å². The zero-order valence-electron chi connectivity index (χ0n) is 23.8. The minimum Gasteiger partial charge on any atom is -0.459 e. The molecular weight excluding hydrogens is 532 g/mol. The Hall–Kier alpha value is -4.34. The van der Waals surface area contributed by atoms with Crippen LogP contribution in [0.4, 0.5) is 17.1 Å². The van der Waals surface area contributed by atoms with Gasteiger partial charge < -0.3 is 19.7 Å². The zero-order valence-corrected chi connectivity index (χ0v) is 23.8. The van der Waals surface area contributed by atoms with Gasteiger partial charge in [-0.2, -0.15) is 0 Å². The molecule has 1 unspecified atom stereocenters. The summed E-state index contributed by atoms with van der Waals surface area (Å²) in [6.45, 7) is 7.46. The lowest BCUT2D eigenvalue weighted by Gasteiger charge is -2.28. The monoisotopic (exact) mass is 566 g/mol. The molecule has 3 aromatic carbocycles. The van der Waals surface area contributed by atoms with Crippen LogP contribution in [0, 0.1) is 0 Å². The Kier molecular flexibility index (Phi) is 7.86. The molecule has 3 aliphatic heterocycles. The summed E-state index contributed by atoms with van der Waals surface area (Å²) < 4.78 is 10.7. The van der Waals surface area contributed by atoms with Gasteiger partial charge >= 0.3 is 5.97 Å². The predicted octanol–water partition coefficient (Wildman–Crippen LogP) is 4.33.